The van der Waals surface area contributed by atoms with E-state index < -0.39 is 17.6 Å². The molecule has 28 heavy (non-hydrogen) atoms. The number of benzene rings is 1. The first-order valence-corrected chi connectivity index (χ1v) is 9.35. The second-order valence-corrected chi connectivity index (χ2v) is 7.22. The van der Waals surface area contributed by atoms with Gasteiger partial charge in [0.15, 0.2) is 0 Å². The van der Waals surface area contributed by atoms with Crippen molar-refractivity contribution in [2.75, 3.05) is 5.32 Å². The molecular formula is C18H20BrF3N4O2. The van der Waals surface area contributed by atoms with Gasteiger partial charge in [0.25, 0.3) is 5.56 Å². The summed E-state index contributed by atoms with van der Waals surface area (Å²) in [6.45, 7) is 1.23. The zero-order chi connectivity index (χ0) is 20.9. The molecule has 1 aliphatic rings. The summed E-state index contributed by atoms with van der Waals surface area (Å²) in [6, 6.07) is 5.13. The SMILES string of the molecule is CC(=O)Nc1ccc(Br)c(C(F)(F)F)c1.N[C@H]1CCCCc2cc(=O)[nH]nc21. The van der Waals surface area contributed by atoms with E-state index in [-0.39, 0.29) is 21.8 Å². The maximum Gasteiger partial charge on any atom is 0.417 e. The number of nitrogens with zero attached hydrogens (tertiary/aromatic N) is 1. The number of halogens is 4. The van der Waals surface area contributed by atoms with Gasteiger partial charge in [-0.1, -0.05) is 22.4 Å². The molecule has 1 heterocycles. The first kappa shape index (κ1) is 22.1. The van der Waals surface area contributed by atoms with E-state index in [9.17, 15) is 22.8 Å². The van der Waals surface area contributed by atoms with Gasteiger partial charge in [-0.25, -0.2) is 5.10 Å². The van der Waals surface area contributed by atoms with Crippen molar-refractivity contribution in [2.24, 2.45) is 5.73 Å². The maximum absolute atomic E-state index is 12.4. The Kier molecular flexibility index (Phi) is 7.36. The number of aromatic amines is 1. The molecule has 0 saturated heterocycles. The van der Waals surface area contributed by atoms with Gasteiger partial charge in [-0.05, 0) is 43.0 Å². The molecular weight excluding hydrogens is 441 g/mol. The molecule has 0 unspecified atom stereocenters. The first-order chi connectivity index (χ1) is 13.1. The van der Waals surface area contributed by atoms with E-state index in [0.717, 1.165) is 43.0 Å². The number of nitrogens with one attached hydrogen (secondary N) is 2. The number of carbonyl (C=O) groups is 1. The lowest BCUT2D eigenvalue weighted by molar-refractivity contribution is -0.138. The van der Waals surface area contributed by atoms with E-state index in [0.29, 0.717) is 0 Å². The summed E-state index contributed by atoms with van der Waals surface area (Å²) in [7, 11) is 0. The largest absolute Gasteiger partial charge is 0.417 e. The summed E-state index contributed by atoms with van der Waals surface area (Å²) >= 11 is 2.80. The molecule has 0 spiro atoms. The number of hydrogen-bond donors (Lipinski definition) is 3. The van der Waals surface area contributed by atoms with Gasteiger partial charge in [-0.2, -0.15) is 18.3 Å². The van der Waals surface area contributed by atoms with Crippen molar-refractivity contribution >= 4 is 27.5 Å². The fraction of sp³-hybridized carbons (Fsp3) is 0.389. The Morgan fingerprint density at radius 2 is 2.04 bits per heavy atom. The molecule has 0 fully saturated rings. The molecule has 4 N–H and O–H groups in total. The Bertz CT molecular complexity index is 899. The molecule has 152 valence electrons. The van der Waals surface area contributed by atoms with Crippen molar-refractivity contribution in [3.8, 4) is 0 Å². The van der Waals surface area contributed by atoms with Crippen molar-refractivity contribution in [3.63, 3.8) is 0 Å². The number of anilines is 1. The molecule has 0 radical (unpaired) electrons. The van der Waals surface area contributed by atoms with Gasteiger partial charge in [0.2, 0.25) is 5.91 Å². The first-order valence-electron chi connectivity index (χ1n) is 8.56. The van der Waals surface area contributed by atoms with Crippen LogP contribution in [-0.4, -0.2) is 16.1 Å². The number of nitrogens with two attached hydrogens (primary N) is 1. The van der Waals surface area contributed by atoms with Gasteiger partial charge >= 0.3 is 6.18 Å². The van der Waals surface area contributed by atoms with Gasteiger partial charge in [0.1, 0.15) is 0 Å². The summed E-state index contributed by atoms with van der Waals surface area (Å²) in [6.07, 6.45) is -0.323. The number of rotatable bonds is 1. The highest BCUT2D eigenvalue weighted by molar-refractivity contribution is 9.10. The second-order valence-electron chi connectivity index (χ2n) is 6.37. The fourth-order valence-electron chi connectivity index (χ4n) is 2.81. The number of hydrogen-bond acceptors (Lipinski definition) is 4. The zero-order valence-electron chi connectivity index (χ0n) is 15.1. The summed E-state index contributed by atoms with van der Waals surface area (Å²) in [5.41, 5.74) is 6.99. The molecule has 1 amide bonds. The minimum Gasteiger partial charge on any atom is -0.326 e. The van der Waals surface area contributed by atoms with Crippen LogP contribution >= 0.6 is 15.9 Å². The molecule has 6 nitrogen and oxygen atoms in total. The minimum atomic E-state index is -4.44. The van der Waals surface area contributed by atoms with E-state index in [2.05, 4.69) is 31.4 Å². The third-order valence-electron chi connectivity index (χ3n) is 4.08. The third-order valence-corrected chi connectivity index (χ3v) is 4.77. The number of alkyl halides is 3. The highest BCUT2D eigenvalue weighted by Gasteiger charge is 2.33. The molecule has 1 aliphatic carbocycles. The van der Waals surface area contributed by atoms with Crippen LogP contribution in [0.4, 0.5) is 18.9 Å². The fourth-order valence-corrected chi connectivity index (χ4v) is 3.28. The van der Waals surface area contributed by atoms with Crippen LogP contribution in [0, 0.1) is 0 Å². The van der Waals surface area contributed by atoms with E-state index >= 15 is 0 Å². The highest BCUT2D eigenvalue weighted by atomic mass is 79.9. The molecule has 1 aromatic carbocycles. The van der Waals surface area contributed by atoms with Crippen LogP contribution in [0.25, 0.3) is 0 Å². The number of amides is 1. The predicted octanol–water partition coefficient (Wildman–Crippen LogP) is 3.92. The number of aromatic nitrogens is 2. The van der Waals surface area contributed by atoms with Gasteiger partial charge in [-0.15, -0.1) is 0 Å². The van der Waals surface area contributed by atoms with Gasteiger partial charge < -0.3 is 11.1 Å². The molecule has 2 aromatic rings. The average Bonchev–Trinajstić information content (AvgIpc) is 2.77. The number of H-pyrrole nitrogens is 1. The summed E-state index contributed by atoms with van der Waals surface area (Å²) < 4.78 is 37.2. The lowest BCUT2D eigenvalue weighted by atomic mass is 10.1. The summed E-state index contributed by atoms with van der Waals surface area (Å²) in [5, 5.41) is 8.71. The normalized spacial score (nSPS) is 16.3. The van der Waals surface area contributed by atoms with Crippen molar-refractivity contribution in [1.82, 2.24) is 10.2 Å². The second kappa shape index (κ2) is 9.33. The van der Waals surface area contributed by atoms with E-state index in [1.54, 1.807) is 6.07 Å². The maximum atomic E-state index is 12.4. The van der Waals surface area contributed by atoms with Gasteiger partial charge in [-0.3, -0.25) is 9.59 Å². The predicted molar refractivity (Wildman–Crippen MR) is 103 cm³/mol. The van der Waals surface area contributed by atoms with Crippen molar-refractivity contribution < 1.29 is 18.0 Å². The zero-order valence-corrected chi connectivity index (χ0v) is 16.7. The molecule has 10 heteroatoms. The quantitative estimate of drug-likeness (QED) is 0.561. The van der Waals surface area contributed by atoms with Crippen molar-refractivity contribution in [2.45, 2.75) is 44.8 Å². The van der Waals surface area contributed by atoms with Crippen LogP contribution in [0.5, 0.6) is 0 Å². The van der Waals surface area contributed by atoms with Crippen LogP contribution in [0.1, 0.15) is 49.0 Å². The van der Waals surface area contributed by atoms with Crippen LogP contribution in [-0.2, 0) is 17.4 Å². The Balaban J connectivity index is 0.000000202. The van der Waals surface area contributed by atoms with E-state index in [4.69, 9.17) is 5.73 Å². The number of carbonyl (C=O) groups excluding carboxylic acids is 1. The average molecular weight is 461 g/mol. The summed E-state index contributed by atoms with van der Waals surface area (Å²) in [5.74, 6) is -0.412. The molecule has 3 rings (SSSR count). The van der Waals surface area contributed by atoms with Crippen molar-refractivity contribution in [1.29, 1.82) is 0 Å². The molecule has 0 aliphatic heterocycles. The lowest BCUT2D eigenvalue weighted by Gasteiger charge is -2.11. The Labute approximate surface area is 167 Å². The smallest absolute Gasteiger partial charge is 0.326 e. The topological polar surface area (TPSA) is 101 Å². The Morgan fingerprint density at radius 1 is 1.32 bits per heavy atom. The molecule has 0 saturated carbocycles. The lowest BCUT2D eigenvalue weighted by Crippen LogP contribution is -2.18. The monoisotopic (exact) mass is 460 g/mol. The highest BCUT2D eigenvalue weighted by Crippen LogP contribution is 2.36. The summed E-state index contributed by atoms with van der Waals surface area (Å²) in [4.78, 5) is 21.7. The number of aryl methyl sites for hydroxylation is 1. The van der Waals surface area contributed by atoms with Crippen LogP contribution < -0.4 is 16.6 Å². The molecule has 1 atom stereocenters. The molecule has 1 aromatic heterocycles. The van der Waals surface area contributed by atoms with Gasteiger partial charge in [0, 0.05) is 29.2 Å². The van der Waals surface area contributed by atoms with E-state index in [1.165, 1.54) is 19.1 Å². The standard InChI is InChI=1S/C9H7BrF3NO.C9H13N3O/c1-5(15)14-6-2-3-8(10)7(4-6)9(11,12)13;10-7-4-2-1-3-6-5-8(13)11-12-9(6)7/h2-4H,1H3,(H,14,15);5,7H,1-4,10H2,(H,11,13)/t;7-/m.0/s1. The van der Waals surface area contributed by atoms with E-state index in [1.807, 2.05) is 0 Å². The Morgan fingerprint density at radius 3 is 2.68 bits per heavy atom. The van der Waals surface area contributed by atoms with Gasteiger partial charge in [0.05, 0.1) is 11.3 Å². The minimum absolute atomic E-state index is 0.00523. The van der Waals surface area contributed by atoms with Crippen LogP contribution in [0.3, 0.4) is 0 Å². The van der Waals surface area contributed by atoms with Crippen molar-refractivity contribution in [3.05, 3.63) is 55.9 Å². The molecule has 0 bridgehead atoms. The Hall–Kier alpha value is -2.20. The third kappa shape index (κ3) is 6.16. The van der Waals surface area contributed by atoms with Crippen LogP contribution in [0.15, 0.2) is 33.5 Å². The van der Waals surface area contributed by atoms with Crippen LogP contribution in [0.2, 0.25) is 0 Å². The number of fused-ring (bicyclic) bond motifs is 1.